The van der Waals surface area contributed by atoms with Gasteiger partial charge in [0.1, 0.15) is 11.4 Å². The summed E-state index contributed by atoms with van der Waals surface area (Å²) in [5.41, 5.74) is 5.72. The lowest BCUT2D eigenvalue weighted by Crippen LogP contribution is -2.31. The standard InChI is InChI=1S/C13H19N3O4/c1-8(2)10(14)7-13(17)15-11-5-4-9(20-3)6-12(11)16(18)19/h4-6,8,10H,7,14H2,1-3H3,(H,15,17). The number of carbonyl (C=O) groups excluding carboxylic acids is 1. The Labute approximate surface area is 117 Å². The van der Waals surface area contributed by atoms with E-state index in [0.29, 0.717) is 5.75 Å². The molecular weight excluding hydrogens is 262 g/mol. The maximum absolute atomic E-state index is 11.8. The summed E-state index contributed by atoms with van der Waals surface area (Å²) in [4.78, 5) is 22.2. The van der Waals surface area contributed by atoms with Gasteiger partial charge < -0.3 is 15.8 Å². The van der Waals surface area contributed by atoms with Crippen molar-refractivity contribution in [1.82, 2.24) is 0 Å². The average molecular weight is 281 g/mol. The lowest BCUT2D eigenvalue weighted by atomic mass is 10.0. The molecule has 3 N–H and O–H groups in total. The molecule has 1 rings (SSSR count). The van der Waals surface area contributed by atoms with Crippen LogP contribution < -0.4 is 15.8 Å². The Hall–Kier alpha value is -2.15. The van der Waals surface area contributed by atoms with Crippen molar-refractivity contribution in [3.63, 3.8) is 0 Å². The molecule has 1 atom stereocenters. The van der Waals surface area contributed by atoms with Crippen molar-refractivity contribution >= 4 is 17.3 Å². The molecule has 0 aliphatic carbocycles. The first-order valence-electron chi connectivity index (χ1n) is 6.23. The number of methoxy groups -OCH3 is 1. The topological polar surface area (TPSA) is 107 Å². The molecule has 0 saturated heterocycles. The van der Waals surface area contributed by atoms with Crippen molar-refractivity contribution in [1.29, 1.82) is 0 Å². The van der Waals surface area contributed by atoms with Crippen molar-refractivity contribution < 1.29 is 14.5 Å². The molecule has 0 aliphatic rings. The summed E-state index contributed by atoms with van der Waals surface area (Å²) in [5.74, 6) is 0.166. The number of carbonyl (C=O) groups is 1. The van der Waals surface area contributed by atoms with Crippen molar-refractivity contribution in [3.05, 3.63) is 28.3 Å². The van der Waals surface area contributed by atoms with Gasteiger partial charge in [0.25, 0.3) is 5.69 Å². The van der Waals surface area contributed by atoms with Crippen molar-refractivity contribution in [2.45, 2.75) is 26.3 Å². The Morgan fingerprint density at radius 1 is 1.50 bits per heavy atom. The fourth-order valence-corrected chi connectivity index (χ4v) is 1.55. The SMILES string of the molecule is COc1ccc(NC(=O)CC(N)C(C)C)c([N+](=O)[O-])c1. The molecule has 1 unspecified atom stereocenters. The predicted octanol–water partition coefficient (Wildman–Crippen LogP) is 1.92. The van der Waals surface area contributed by atoms with Gasteiger partial charge in [0.2, 0.25) is 5.91 Å². The Morgan fingerprint density at radius 2 is 2.15 bits per heavy atom. The fraction of sp³-hybridized carbons (Fsp3) is 0.462. The highest BCUT2D eigenvalue weighted by molar-refractivity contribution is 5.93. The molecule has 1 amide bonds. The summed E-state index contributed by atoms with van der Waals surface area (Å²) in [6.45, 7) is 3.82. The number of rotatable bonds is 6. The molecule has 0 heterocycles. The van der Waals surface area contributed by atoms with Crippen LogP contribution in [0.1, 0.15) is 20.3 Å². The summed E-state index contributed by atoms with van der Waals surface area (Å²) in [6, 6.07) is 3.96. The van der Waals surface area contributed by atoms with Crippen LogP contribution in [0.2, 0.25) is 0 Å². The minimum atomic E-state index is -0.569. The van der Waals surface area contributed by atoms with E-state index in [0.717, 1.165) is 0 Å². The molecule has 0 radical (unpaired) electrons. The van der Waals surface area contributed by atoms with E-state index in [1.807, 2.05) is 13.8 Å². The average Bonchev–Trinajstić information content (AvgIpc) is 2.38. The molecular formula is C13H19N3O4. The largest absolute Gasteiger partial charge is 0.496 e. The number of hydrogen-bond donors (Lipinski definition) is 2. The number of anilines is 1. The first-order chi connectivity index (χ1) is 9.35. The van der Waals surface area contributed by atoms with Gasteiger partial charge in [-0.1, -0.05) is 13.8 Å². The van der Waals surface area contributed by atoms with E-state index < -0.39 is 4.92 Å². The Kier molecular flexibility index (Phi) is 5.45. The zero-order valence-electron chi connectivity index (χ0n) is 11.8. The molecule has 0 saturated carbocycles. The number of hydrogen-bond acceptors (Lipinski definition) is 5. The van der Waals surface area contributed by atoms with Gasteiger partial charge in [-0.3, -0.25) is 14.9 Å². The zero-order chi connectivity index (χ0) is 15.3. The minimum Gasteiger partial charge on any atom is -0.496 e. The molecule has 7 nitrogen and oxygen atoms in total. The summed E-state index contributed by atoms with van der Waals surface area (Å²) < 4.78 is 4.92. The fourth-order valence-electron chi connectivity index (χ4n) is 1.55. The van der Waals surface area contributed by atoms with Gasteiger partial charge in [-0.05, 0) is 18.1 Å². The summed E-state index contributed by atoms with van der Waals surface area (Å²) in [6.07, 6.45) is 0.112. The van der Waals surface area contributed by atoms with E-state index in [1.54, 1.807) is 6.07 Å². The highest BCUT2D eigenvalue weighted by Crippen LogP contribution is 2.29. The van der Waals surface area contributed by atoms with Crippen LogP contribution in [0.25, 0.3) is 0 Å². The monoisotopic (exact) mass is 281 g/mol. The number of nitro groups is 1. The summed E-state index contributed by atoms with van der Waals surface area (Å²) in [7, 11) is 1.42. The highest BCUT2D eigenvalue weighted by Gasteiger charge is 2.19. The molecule has 7 heteroatoms. The summed E-state index contributed by atoms with van der Waals surface area (Å²) >= 11 is 0. The van der Waals surface area contributed by atoms with E-state index in [-0.39, 0.29) is 35.7 Å². The van der Waals surface area contributed by atoms with E-state index in [1.165, 1.54) is 19.2 Å². The first-order valence-corrected chi connectivity index (χ1v) is 6.23. The lowest BCUT2D eigenvalue weighted by Gasteiger charge is -2.15. The van der Waals surface area contributed by atoms with Crippen LogP contribution in [-0.2, 0) is 4.79 Å². The number of nitro benzene ring substituents is 1. The quantitative estimate of drug-likeness (QED) is 0.611. The normalized spacial score (nSPS) is 12.1. The molecule has 0 aromatic heterocycles. The van der Waals surface area contributed by atoms with Gasteiger partial charge in [0, 0.05) is 12.5 Å². The third kappa shape index (κ3) is 4.20. The van der Waals surface area contributed by atoms with E-state index in [2.05, 4.69) is 5.32 Å². The highest BCUT2D eigenvalue weighted by atomic mass is 16.6. The number of nitrogens with two attached hydrogens (primary N) is 1. The number of amides is 1. The second-order valence-corrected chi connectivity index (χ2v) is 4.80. The van der Waals surface area contributed by atoms with Crippen LogP contribution >= 0.6 is 0 Å². The molecule has 0 fully saturated rings. The van der Waals surface area contributed by atoms with Crippen molar-refractivity contribution in [3.8, 4) is 5.75 Å². The second kappa shape index (κ2) is 6.85. The van der Waals surface area contributed by atoms with Crippen LogP contribution in [0.3, 0.4) is 0 Å². The molecule has 1 aromatic carbocycles. The van der Waals surface area contributed by atoms with E-state index in [4.69, 9.17) is 10.5 Å². The predicted molar refractivity (Wildman–Crippen MR) is 75.7 cm³/mol. The molecule has 110 valence electrons. The molecule has 20 heavy (non-hydrogen) atoms. The third-order valence-electron chi connectivity index (χ3n) is 2.95. The van der Waals surface area contributed by atoms with Crippen LogP contribution in [-0.4, -0.2) is 24.0 Å². The number of nitrogens with zero attached hydrogens (tertiary/aromatic N) is 1. The van der Waals surface area contributed by atoms with Gasteiger partial charge in [0.05, 0.1) is 18.1 Å². The Morgan fingerprint density at radius 3 is 2.65 bits per heavy atom. The van der Waals surface area contributed by atoms with Crippen LogP contribution in [0, 0.1) is 16.0 Å². The Bertz CT molecular complexity index is 502. The van der Waals surface area contributed by atoms with E-state index in [9.17, 15) is 14.9 Å². The zero-order valence-corrected chi connectivity index (χ0v) is 11.8. The van der Waals surface area contributed by atoms with Gasteiger partial charge in [-0.25, -0.2) is 0 Å². The second-order valence-electron chi connectivity index (χ2n) is 4.80. The molecule has 1 aromatic rings. The van der Waals surface area contributed by atoms with Gasteiger partial charge in [-0.2, -0.15) is 0 Å². The molecule has 0 bridgehead atoms. The molecule has 0 spiro atoms. The van der Waals surface area contributed by atoms with Gasteiger partial charge in [0.15, 0.2) is 0 Å². The molecule has 0 aliphatic heterocycles. The number of nitrogens with one attached hydrogen (secondary N) is 1. The maximum atomic E-state index is 11.8. The lowest BCUT2D eigenvalue weighted by molar-refractivity contribution is -0.384. The van der Waals surface area contributed by atoms with Crippen molar-refractivity contribution in [2.24, 2.45) is 11.7 Å². The number of benzene rings is 1. The van der Waals surface area contributed by atoms with Gasteiger partial charge in [-0.15, -0.1) is 0 Å². The minimum absolute atomic E-state index is 0.112. The number of ether oxygens (including phenoxy) is 1. The maximum Gasteiger partial charge on any atom is 0.296 e. The summed E-state index contributed by atoms with van der Waals surface area (Å²) in [5, 5.41) is 13.5. The Balaban J connectivity index is 2.86. The van der Waals surface area contributed by atoms with Crippen molar-refractivity contribution in [2.75, 3.05) is 12.4 Å². The third-order valence-corrected chi connectivity index (χ3v) is 2.95. The van der Waals surface area contributed by atoms with Crippen LogP contribution in [0.15, 0.2) is 18.2 Å². The van der Waals surface area contributed by atoms with Gasteiger partial charge >= 0.3 is 0 Å². The first kappa shape index (κ1) is 15.9. The van der Waals surface area contributed by atoms with Crippen LogP contribution in [0.5, 0.6) is 5.75 Å². The smallest absolute Gasteiger partial charge is 0.296 e. The van der Waals surface area contributed by atoms with Crippen LogP contribution in [0.4, 0.5) is 11.4 Å². The van der Waals surface area contributed by atoms with E-state index >= 15 is 0 Å².